The highest BCUT2D eigenvalue weighted by Crippen LogP contribution is 2.26. The first-order chi connectivity index (χ1) is 9.67. The van der Waals surface area contributed by atoms with Crippen molar-refractivity contribution >= 4 is 21.7 Å². The molecule has 0 aliphatic heterocycles. The zero-order chi connectivity index (χ0) is 14.5. The Bertz CT molecular complexity index is 598. The molecule has 0 saturated heterocycles. The lowest BCUT2D eigenvalue weighted by Crippen LogP contribution is -2.09. The maximum atomic E-state index is 4.66. The molecular formula is C15H19BrN4. The van der Waals surface area contributed by atoms with Crippen LogP contribution in [0.1, 0.15) is 31.5 Å². The number of halogens is 1. The molecule has 5 heteroatoms. The van der Waals surface area contributed by atoms with E-state index in [-0.39, 0.29) is 0 Å². The van der Waals surface area contributed by atoms with Crippen LogP contribution in [0.4, 0.5) is 5.82 Å². The molecular weight excluding hydrogens is 316 g/mol. The van der Waals surface area contributed by atoms with E-state index < -0.39 is 0 Å². The highest BCUT2D eigenvalue weighted by atomic mass is 79.9. The molecule has 0 radical (unpaired) electrons. The number of hydrogen-bond donors (Lipinski definition) is 1. The van der Waals surface area contributed by atoms with Crippen molar-refractivity contribution in [1.29, 1.82) is 0 Å². The summed E-state index contributed by atoms with van der Waals surface area (Å²) in [7, 11) is 0. The molecule has 2 rings (SSSR count). The summed E-state index contributed by atoms with van der Waals surface area (Å²) in [6.45, 7) is 7.20. The van der Waals surface area contributed by atoms with Crippen LogP contribution in [0.15, 0.2) is 22.8 Å². The van der Waals surface area contributed by atoms with Gasteiger partial charge in [-0.05, 0) is 47.8 Å². The van der Waals surface area contributed by atoms with E-state index >= 15 is 0 Å². The number of pyridine rings is 1. The van der Waals surface area contributed by atoms with Crippen LogP contribution in [0.25, 0.3) is 11.5 Å². The van der Waals surface area contributed by atoms with Crippen LogP contribution in [0, 0.1) is 6.92 Å². The summed E-state index contributed by atoms with van der Waals surface area (Å²) in [4.78, 5) is 13.6. The van der Waals surface area contributed by atoms with Crippen molar-refractivity contribution in [2.45, 2.75) is 33.6 Å². The van der Waals surface area contributed by atoms with Gasteiger partial charge in [0, 0.05) is 28.5 Å². The number of nitrogens with zero attached hydrogens (tertiary/aromatic N) is 3. The predicted octanol–water partition coefficient (Wildman–Crippen LogP) is 3.99. The summed E-state index contributed by atoms with van der Waals surface area (Å²) < 4.78 is 0.907. The van der Waals surface area contributed by atoms with Gasteiger partial charge in [0.2, 0.25) is 0 Å². The lowest BCUT2D eigenvalue weighted by molar-refractivity contribution is 0.936. The summed E-state index contributed by atoms with van der Waals surface area (Å²) in [6.07, 6.45) is 3.74. The second kappa shape index (κ2) is 6.79. The van der Waals surface area contributed by atoms with Gasteiger partial charge in [-0.2, -0.15) is 0 Å². The smallest absolute Gasteiger partial charge is 0.181 e. The van der Waals surface area contributed by atoms with Crippen LogP contribution in [0.5, 0.6) is 0 Å². The summed E-state index contributed by atoms with van der Waals surface area (Å²) in [6, 6.07) is 3.84. The third-order valence-electron chi connectivity index (χ3n) is 3.08. The SMILES string of the molecule is CCCNc1nc(-c2ncccc2Br)nc(C)c1CC. The Labute approximate surface area is 128 Å². The quantitative estimate of drug-likeness (QED) is 0.897. The second-order valence-electron chi connectivity index (χ2n) is 4.57. The first-order valence-electron chi connectivity index (χ1n) is 6.89. The fourth-order valence-corrected chi connectivity index (χ4v) is 2.50. The van der Waals surface area contributed by atoms with Crippen molar-refractivity contribution in [3.05, 3.63) is 34.1 Å². The van der Waals surface area contributed by atoms with Crippen molar-refractivity contribution in [3.8, 4) is 11.5 Å². The van der Waals surface area contributed by atoms with Crippen LogP contribution < -0.4 is 5.32 Å². The lowest BCUT2D eigenvalue weighted by Gasteiger charge is -2.13. The van der Waals surface area contributed by atoms with Gasteiger partial charge in [-0.15, -0.1) is 0 Å². The first kappa shape index (κ1) is 14.9. The Kier molecular flexibility index (Phi) is 5.06. The molecule has 0 spiro atoms. The molecule has 0 atom stereocenters. The molecule has 4 nitrogen and oxygen atoms in total. The minimum Gasteiger partial charge on any atom is -0.370 e. The molecule has 106 valence electrons. The minimum absolute atomic E-state index is 0.658. The average Bonchev–Trinajstić information content (AvgIpc) is 2.45. The zero-order valence-corrected chi connectivity index (χ0v) is 13.7. The maximum Gasteiger partial charge on any atom is 0.181 e. The van der Waals surface area contributed by atoms with E-state index in [9.17, 15) is 0 Å². The topological polar surface area (TPSA) is 50.7 Å². The molecule has 20 heavy (non-hydrogen) atoms. The summed E-state index contributed by atoms with van der Waals surface area (Å²) in [5.41, 5.74) is 2.96. The summed E-state index contributed by atoms with van der Waals surface area (Å²) in [5.74, 6) is 1.58. The fourth-order valence-electron chi connectivity index (χ4n) is 2.07. The molecule has 0 aromatic carbocycles. The number of hydrogen-bond acceptors (Lipinski definition) is 4. The van der Waals surface area contributed by atoms with Crippen LogP contribution >= 0.6 is 15.9 Å². The Morgan fingerprint density at radius 1 is 1.25 bits per heavy atom. The van der Waals surface area contributed by atoms with Crippen molar-refractivity contribution in [1.82, 2.24) is 15.0 Å². The van der Waals surface area contributed by atoms with Gasteiger partial charge >= 0.3 is 0 Å². The molecule has 1 N–H and O–H groups in total. The predicted molar refractivity (Wildman–Crippen MR) is 85.9 cm³/mol. The number of nitrogens with one attached hydrogen (secondary N) is 1. The van der Waals surface area contributed by atoms with Crippen LogP contribution in [-0.4, -0.2) is 21.5 Å². The molecule has 2 aromatic rings. The number of aromatic nitrogens is 3. The number of anilines is 1. The molecule has 2 aromatic heterocycles. The average molecular weight is 335 g/mol. The highest BCUT2D eigenvalue weighted by molar-refractivity contribution is 9.10. The lowest BCUT2D eigenvalue weighted by atomic mass is 10.1. The van der Waals surface area contributed by atoms with Crippen LogP contribution in [0.2, 0.25) is 0 Å². The molecule has 0 aliphatic rings. The molecule has 2 heterocycles. The fraction of sp³-hybridized carbons (Fsp3) is 0.400. The first-order valence-corrected chi connectivity index (χ1v) is 7.68. The summed E-state index contributed by atoms with van der Waals surface area (Å²) >= 11 is 3.51. The largest absolute Gasteiger partial charge is 0.370 e. The van der Waals surface area contributed by atoms with Gasteiger partial charge in [0.25, 0.3) is 0 Å². The van der Waals surface area contributed by atoms with Crippen molar-refractivity contribution in [3.63, 3.8) is 0 Å². The van der Waals surface area contributed by atoms with Gasteiger partial charge in [-0.3, -0.25) is 4.98 Å². The van der Waals surface area contributed by atoms with E-state index in [0.717, 1.165) is 41.1 Å². The van der Waals surface area contributed by atoms with Crippen LogP contribution in [0.3, 0.4) is 0 Å². The summed E-state index contributed by atoms with van der Waals surface area (Å²) in [5, 5.41) is 3.39. The molecule has 0 unspecified atom stereocenters. The van der Waals surface area contributed by atoms with E-state index in [1.807, 2.05) is 19.1 Å². The van der Waals surface area contributed by atoms with Crippen molar-refractivity contribution in [2.75, 3.05) is 11.9 Å². The van der Waals surface area contributed by atoms with Gasteiger partial charge in [-0.25, -0.2) is 9.97 Å². The monoisotopic (exact) mass is 334 g/mol. The van der Waals surface area contributed by atoms with Gasteiger partial charge in [0.05, 0.1) is 0 Å². The van der Waals surface area contributed by atoms with Gasteiger partial charge < -0.3 is 5.32 Å². The standard InChI is InChI=1S/C15H19BrN4/c1-4-8-18-14-11(5-2)10(3)19-15(20-14)13-12(16)7-6-9-17-13/h6-7,9H,4-5,8H2,1-3H3,(H,18,19,20). The van der Waals surface area contributed by atoms with Gasteiger partial charge in [0.15, 0.2) is 5.82 Å². The Hall–Kier alpha value is -1.49. The van der Waals surface area contributed by atoms with E-state index in [1.165, 1.54) is 5.56 Å². The van der Waals surface area contributed by atoms with E-state index in [2.05, 4.69) is 50.0 Å². The second-order valence-corrected chi connectivity index (χ2v) is 5.43. The zero-order valence-electron chi connectivity index (χ0n) is 12.1. The van der Waals surface area contributed by atoms with E-state index in [0.29, 0.717) is 5.82 Å². The Balaban J connectivity index is 2.50. The van der Waals surface area contributed by atoms with Crippen molar-refractivity contribution < 1.29 is 0 Å². The Morgan fingerprint density at radius 2 is 2.05 bits per heavy atom. The maximum absolute atomic E-state index is 4.66. The number of rotatable bonds is 5. The molecule has 0 amide bonds. The third-order valence-corrected chi connectivity index (χ3v) is 3.72. The molecule has 0 saturated carbocycles. The molecule has 0 bridgehead atoms. The van der Waals surface area contributed by atoms with E-state index in [1.54, 1.807) is 6.20 Å². The van der Waals surface area contributed by atoms with Crippen LogP contribution in [-0.2, 0) is 6.42 Å². The molecule has 0 aliphatic carbocycles. The van der Waals surface area contributed by atoms with Crippen molar-refractivity contribution in [2.24, 2.45) is 0 Å². The normalized spacial score (nSPS) is 10.6. The molecule has 0 fully saturated rings. The minimum atomic E-state index is 0.658. The van der Waals surface area contributed by atoms with Gasteiger partial charge in [-0.1, -0.05) is 13.8 Å². The Morgan fingerprint density at radius 3 is 2.70 bits per heavy atom. The number of aryl methyl sites for hydroxylation is 1. The third kappa shape index (κ3) is 3.15. The highest BCUT2D eigenvalue weighted by Gasteiger charge is 2.13. The van der Waals surface area contributed by atoms with E-state index in [4.69, 9.17) is 0 Å². The van der Waals surface area contributed by atoms with Gasteiger partial charge in [0.1, 0.15) is 11.5 Å².